The third kappa shape index (κ3) is 5.55. The van der Waals surface area contributed by atoms with Crippen molar-refractivity contribution >= 4 is 17.5 Å². The van der Waals surface area contributed by atoms with Gasteiger partial charge in [0.1, 0.15) is 11.2 Å². The highest BCUT2D eigenvalue weighted by atomic mass is 16.5. The standard InChI is InChI=1S/C19H30N2O3/c1-7-8-13-21(6)18(23)19(4,5)17(22)20-15-9-11-16(12-10-15)24-14(2)3/h9-12,14H,7-8,13H2,1-6H3,(H,20,22). The lowest BCUT2D eigenvalue weighted by Gasteiger charge is -2.28. The zero-order valence-electron chi connectivity index (χ0n) is 15.7. The van der Waals surface area contributed by atoms with Gasteiger partial charge in [-0.1, -0.05) is 13.3 Å². The van der Waals surface area contributed by atoms with Crippen molar-refractivity contribution in [3.63, 3.8) is 0 Å². The molecule has 0 saturated carbocycles. The molecular weight excluding hydrogens is 304 g/mol. The molecule has 0 unspecified atom stereocenters. The van der Waals surface area contributed by atoms with E-state index in [-0.39, 0.29) is 17.9 Å². The van der Waals surface area contributed by atoms with Crippen molar-refractivity contribution in [3.8, 4) is 5.75 Å². The Morgan fingerprint density at radius 3 is 2.29 bits per heavy atom. The summed E-state index contributed by atoms with van der Waals surface area (Å²) in [5, 5.41) is 2.81. The maximum absolute atomic E-state index is 12.5. The molecule has 0 spiro atoms. The molecule has 5 nitrogen and oxygen atoms in total. The zero-order valence-corrected chi connectivity index (χ0v) is 15.7. The molecule has 2 amide bonds. The van der Waals surface area contributed by atoms with Gasteiger partial charge >= 0.3 is 0 Å². The minimum absolute atomic E-state index is 0.0978. The highest BCUT2D eigenvalue weighted by Crippen LogP contribution is 2.23. The van der Waals surface area contributed by atoms with Gasteiger partial charge in [-0.2, -0.15) is 0 Å². The molecular formula is C19H30N2O3. The number of unbranched alkanes of at least 4 members (excludes halogenated alkanes) is 1. The fraction of sp³-hybridized carbons (Fsp3) is 0.579. The van der Waals surface area contributed by atoms with E-state index in [9.17, 15) is 9.59 Å². The molecule has 0 aliphatic carbocycles. The van der Waals surface area contributed by atoms with E-state index in [0.717, 1.165) is 18.6 Å². The van der Waals surface area contributed by atoms with Gasteiger partial charge in [-0.3, -0.25) is 9.59 Å². The molecule has 0 radical (unpaired) electrons. The zero-order chi connectivity index (χ0) is 18.3. The summed E-state index contributed by atoms with van der Waals surface area (Å²) in [6, 6.07) is 7.16. The third-order valence-corrected chi connectivity index (χ3v) is 3.78. The second-order valence-electron chi connectivity index (χ2n) is 6.85. The maximum Gasteiger partial charge on any atom is 0.239 e. The van der Waals surface area contributed by atoms with Crippen molar-refractivity contribution in [2.75, 3.05) is 18.9 Å². The van der Waals surface area contributed by atoms with Crippen LogP contribution in [0.25, 0.3) is 0 Å². The fourth-order valence-corrected chi connectivity index (χ4v) is 2.25. The number of benzene rings is 1. The highest BCUT2D eigenvalue weighted by molar-refractivity contribution is 6.09. The first-order chi connectivity index (χ1) is 11.2. The largest absolute Gasteiger partial charge is 0.491 e. The average molecular weight is 334 g/mol. The first-order valence-corrected chi connectivity index (χ1v) is 8.52. The topological polar surface area (TPSA) is 58.6 Å². The number of rotatable bonds is 8. The lowest BCUT2D eigenvalue weighted by Crippen LogP contribution is -2.46. The van der Waals surface area contributed by atoms with Crippen molar-refractivity contribution < 1.29 is 14.3 Å². The summed E-state index contributed by atoms with van der Waals surface area (Å²) in [5.41, 5.74) is -0.469. The van der Waals surface area contributed by atoms with Crippen molar-refractivity contribution in [2.24, 2.45) is 5.41 Å². The number of amides is 2. The number of hydrogen-bond acceptors (Lipinski definition) is 3. The summed E-state index contributed by atoms with van der Waals surface area (Å²) in [6.07, 6.45) is 2.03. The molecule has 0 heterocycles. The second-order valence-corrected chi connectivity index (χ2v) is 6.85. The summed E-state index contributed by atoms with van der Waals surface area (Å²) in [5.74, 6) is 0.263. The predicted molar refractivity (Wildman–Crippen MR) is 97.2 cm³/mol. The van der Waals surface area contributed by atoms with Crippen LogP contribution in [0.4, 0.5) is 5.69 Å². The van der Waals surface area contributed by atoms with Crippen molar-refractivity contribution in [1.29, 1.82) is 0 Å². The predicted octanol–water partition coefficient (Wildman–Crippen LogP) is 3.70. The summed E-state index contributed by atoms with van der Waals surface area (Å²) in [6.45, 7) is 9.96. The number of nitrogens with zero attached hydrogens (tertiary/aromatic N) is 1. The molecule has 0 atom stereocenters. The van der Waals surface area contributed by atoms with Crippen molar-refractivity contribution in [1.82, 2.24) is 4.90 Å². The first-order valence-electron chi connectivity index (χ1n) is 8.52. The van der Waals surface area contributed by atoms with Crippen LogP contribution in [-0.2, 0) is 9.59 Å². The molecule has 0 fully saturated rings. The Bertz CT molecular complexity index is 550. The van der Waals surface area contributed by atoms with E-state index >= 15 is 0 Å². The van der Waals surface area contributed by atoms with Gasteiger partial charge in [-0.25, -0.2) is 0 Å². The van der Waals surface area contributed by atoms with Gasteiger partial charge in [0.25, 0.3) is 0 Å². The molecule has 1 rings (SSSR count). The van der Waals surface area contributed by atoms with E-state index in [0.29, 0.717) is 12.2 Å². The molecule has 1 N–H and O–H groups in total. The van der Waals surface area contributed by atoms with Crippen LogP contribution in [-0.4, -0.2) is 36.4 Å². The Balaban J connectivity index is 2.72. The normalized spacial score (nSPS) is 11.3. The number of carbonyl (C=O) groups is 2. The number of carbonyl (C=O) groups excluding carboxylic acids is 2. The van der Waals surface area contributed by atoms with Gasteiger partial charge in [0, 0.05) is 19.3 Å². The fourth-order valence-electron chi connectivity index (χ4n) is 2.25. The average Bonchev–Trinajstić information content (AvgIpc) is 2.53. The molecule has 0 aromatic heterocycles. The van der Waals surface area contributed by atoms with Gasteiger partial charge in [0.2, 0.25) is 11.8 Å². The third-order valence-electron chi connectivity index (χ3n) is 3.78. The number of ether oxygens (including phenoxy) is 1. The Labute approximate surface area is 145 Å². The van der Waals surface area contributed by atoms with E-state index in [1.807, 2.05) is 13.8 Å². The van der Waals surface area contributed by atoms with Gasteiger partial charge in [-0.05, 0) is 58.4 Å². The van der Waals surface area contributed by atoms with Crippen LogP contribution in [0.2, 0.25) is 0 Å². The Kier molecular flexibility index (Phi) is 7.26. The minimum Gasteiger partial charge on any atom is -0.491 e. The first kappa shape index (κ1) is 20.0. The summed E-state index contributed by atoms with van der Waals surface area (Å²) in [4.78, 5) is 26.7. The van der Waals surface area contributed by atoms with E-state index < -0.39 is 5.41 Å². The van der Waals surface area contributed by atoms with E-state index in [2.05, 4.69) is 12.2 Å². The molecule has 1 aromatic rings. The van der Waals surface area contributed by atoms with Gasteiger partial charge in [0.15, 0.2) is 0 Å². The molecule has 0 saturated heterocycles. The summed E-state index contributed by atoms with van der Waals surface area (Å²) in [7, 11) is 1.74. The minimum atomic E-state index is -1.12. The van der Waals surface area contributed by atoms with Crippen LogP contribution in [0.3, 0.4) is 0 Å². The smallest absolute Gasteiger partial charge is 0.239 e. The van der Waals surface area contributed by atoms with E-state index in [4.69, 9.17) is 4.74 Å². The molecule has 1 aromatic carbocycles. The van der Waals surface area contributed by atoms with E-state index in [1.165, 1.54) is 0 Å². The highest BCUT2D eigenvalue weighted by Gasteiger charge is 2.38. The number of nitrogens with one attached hydrogen (secondary N) is 1. The van der Waals surface area contributed by atoms with Crippen LogP contribution in [0.15, 0.2) is 24.3 Å². The van der Waals surface area contributed by atoms with Crippen LogP contribution < -0.4 is 10.1 Å². The molecule has 0 aliphatic rings. The molecule has 0 aliphatic heterocycles. The molecule has 0 bridgehead atoms. The number of hydrogen-bond donors (Lipinski definition) is 1. The molecule has 24 heavy (non-hydrogen) atoms. The number of anilines is 1. The van der Waals surface area contributed by atoms with Crippen LogP contribution >= 0.6 is 0 Å². The lowest BCUT2D eigenvalue weighted by atomic mass is 9.90. The van der Waals surface area contributed by atoms with Crippen LogP contribution in [0, 0.1) is 5.41 Å². The summed E-state index contributed by atoms with van der Waals surface area (Å²) < 4.78 is 5.58. The van der Waals surface area contributed by atoms with Crippen LogP contribution in [0.1, 0.15) is 47.5 Å². The summed E-state index contributed by atoms with van der Waals surface area (Å²) >= 11 is 0. The Morgan fingerprint density at radius 1 is 1.21 bits per heavy atom. The van der Waals surface area contributed by atoms with E-state index in [1.54, 1.807) is 50.1 Å². The maximum atomic E-state index is 12.5. The van der Waals surface area contributed by atoms with Gasteiger partial charge in [0.05, 0.1) is 6.10 Å². The Morgan fingerprint density at radius 2 is 1.79 bits per heavy atom. The molecule has 5 heteroatoms. The molecule has 134 valence electrons. The second kappa shape index (κ2) is 8.71. The quantitative estimate of drug-likeness (QED) is 0.738. The van der Waals surface area contributed by atoms with Gasteiger partial charge < -0.3 is 15.0 Å². The van der Waals surface area contributed by atoms with Crippen molar-refractivity contribution in [3.05, 3.63) is 24.3 Å². The van der Waals surface area contributed by atoms with Crippen molar-refractivity contribution in [2.45, 2.75) is 53.6 Å². The lowest BCUT2D eigenvalue weighted by molar-refractivity contribution is -0.145. The Hall–Kier alpha value is -2.04. The SMILES string of the molecule is CCCCN(C)C(=O)C(C)(C)C(=O)Nc1ccc(OC(C)C)cc1. The van der Waals surface area contributed by atoms with Crippen LogP contribution in [0.5, 0.6) is 5.75 Å². The monoisotopic (exact) mass is 334 g/mol. The van der Waals surface area contributed by atoms with Gasteiger partial charge in [-0.15, -0.1) is 0 Å².